The van der Waals surface area contributed by atoms with Crippen LogP contribution < -0.4 is 0 Å². The second-order valence-corrected chi connectivity index (χ2v) is 4.77. The van der Waals surface area contributed by atoms with Crippen molar-refractivity contribution in [2.75, 3.05) is 6.61 Å². The van der Waals surface area contributed by atoms with Gasteiger partial charge in [0.1, 0.15) is 0 Å². The van der Waals surface area contributed by atoms with Crippen LogP contribution in [0.4, 0.5) is 0 Å². The van der Waals surface area contributed by atoms with Gasteiger partial charge in [-0.05, 0) is 0 Å². The quantitative estimate of drug-likeness (QED) is 0.156. The maximum Gasteiger partial charge on any atom is 0.351 e. The van der Waals surface area contributed by atoms with Crippen LogP contribution in [0.2, 0.25) is 0 Å². The summed E-state index contributed by atoms with van der Waals surface area (Å²) < 4.78 is 8.05. The number of aliphatic hydroxyl groups is 3. The highest BCUT2D eigenvalue weighted by Crippen LogP contribution is 2.17. The lowest BCUT2D eigenvalue weighted by molar-refractivity contribution is -0.180. The largest absolute Gasteiger partial charge is 0.481 e. The van der Waals surface area contributed by atoms with E-state index in [9.17, 15) is 33.9 Å². The second-order valence-electron chi connectivity index (χ2n) is 4.77. The predicted molar refractivity (Wildman–Crippen MR) is 71.2 cm³/mol. The molecule has 0 spiro atoms. The van der Waals surface area contributed by atoms with Crippen LogP contribution in [0.15, 0.2) is 0 Å². The molecule has 0 fully saturated rings. The first kappa shape index (κ1) is 22.9. The monoisotopic (exact) mass is 382 g/mol. The Hall–Kier alpha value is -3.10. The van der Waals surface area contributed by atoms with Crippen molar-refractivity contribution < 1.29 is 68.9 Å². The number of aliphatic hydroxyl groups excluding tert-OH is 2. The Balaban J connectivity index is 4.60. The summed E-state index contributed by atoms with van der Waals surface area (Å²) in [4.78, 5) is 65.3. The average Bonchev–Trinajstić information content (AvgIpc) is 2.50. The van der Waals surface area contributed by atoms with Crippen molar-refractivity contribution in [3.05, 3.63) is 0 Å². The fourth-order valence-corrected chi connectivity index (χ4v) is 1.36. The van der Waals surface area contributed by atoms with Crippen molar-refractivity contribution in [3.63, 3.8) is 0 Å². The molecule has 26 heavy (non-hydrogen) atoms. The zero-order chi connectivity index (χ0) is 20.7. The van der Waals surface area contributed by atoms with Gasteiger partial charge < -0.3 is 40.1 Å². The molecule has 0 aliphatic rings. The van der Waals surface area contributed by atoms with Gasteiger partial charge in [-0.1, -0.05) is 0 Å². The number of hydrogen-bond donors (Lipinski definition) is 6. The first-order valence-electron chi connectivity index (χ1n) is 6.47. The van der Waals surface area contributed by atoms with Gasteiger partial charge in [0.15, 0.2) is 24.4 Å². The molecule has 0 aliphatic heterocycles. The van der Waals surface area contributed by atoms with Crippen molar-refractivity contribution in [2.24, 2.45) is 0 Å². The van der Waals surface area contributed by atoms with E-state index >= 15 is 0 Å². The number of carbonyl (C=O) groups is 6. The van der Waals surface area contributed by atoms with E-state index in [-0.39, 0.29) is 0 Å². The minimum atomic E-state index is -3.01. The standard InChI is InChI=1S/C12H14O14/c13-4(14)1-12(24,11(22)23)2-5(15)25-3-6(16)26-10(21)8(18)7(17)9(19)20/h7-8,17-18,24H,1-3H2,(H,13,14)(H,19,20)(H,22,23). The minimum absolute atomic E-state index is 1.32. The number of carboxylic acids is 3. The number of carboxylic acid groups (broad SMARTS) is 3. The molecule has 0 aromatic rings. The highest BCUT2D eigenvalue weighted by molar-refractivity contribution is 5.93. The fourth-order valence-electron chi connectivity index (χ4n) is 1.36. The van der Waals surface area contributed by atoms with Crippen LogP contribution in [0.5, 0.6) is 0 Å². The van der Waals surface area contributed by atoms with Gasteiger partial charge in [0.2, 0.25) is 0 Å². The molecule has 0 heterocycles. The normalized spacial score (nSPS) is 15.0. The number of esters is 3. The lowest BCUT2D eigenvalue weighted by atomic mass is 9.96. The van der Waals surface area contributed by atoms with Crippen LogP contribution in [-0.4, -0.2) is 90.9 Å². The first-order chi connectivity index (χ1) is 11.8. The Kier molecular flexibility index (Phi) is 8.28. The number of rotatable bonds is 10. The van der Waals surface area contributed by atoms with E-state index in [1.807, 2.05) is 0 Å². The number of hydrogen-bond acceptors (Lipinski definition) is 11. The van der Waals surface area contributed by atoms with Gasteiger partial charge in [-0.25, -0.2) is 19.2 Å². The molecular weight excluding hydrogens is 368 g/mol. The zero-order valence-corrected chi connectivity index (χ0v) is 12.7. The molecule has 0 saturated heterocycles. The molecule has 0 aromatic carbocycles. The van der Waals surface area contributed by atoms with E-state index in [1.165, 1.54) is 0 Å². The van der Waals surface area contributed by atoms with Crippen molar-refractivity contribution in [1.29, 1.82) is 0 Å². The Labute approximate surface area is 143 Å². The highest BCUT2D eigenvalue weighted by atomic mass is 16.6. The van der Waals surface area contributed by atoms with E-state index in [4.69, 9.17) is 25.5 Å². The Morgan fingerprint density at radius 1 is 0.846 bits per heavy atom. The zero-order valence-electron chi connectivity index (χ0n) is 12.7. The smallest absolute Gasteiger partial charge is 0.351 e. The second kappa shape index (κ2) is 9.40. The summed E-state index contributed by atoms with van der Waals surface area (Å²) in [6.07, 6.45) is -7.89. The molecule has 0 bridgehead atoms. The van der Waals surface area contributed by atoms with Gasteiger partial charge >= 0.3 is 35.8 Å². The van der Waals surface area contributed by atoms with Crippen LogP contribution in [0, 0.1) is 0 Å². The van der Waals surface area contributed by atoms with Crippen molar-refractivity contribution in [2.45, 2.75) is 30.7 Å². The van der Waals surface area contributed by atoms with E-state index in [2.05, 4.69) is 9.47 Å². The summed E-state index contributed by atoms with van der Waals surface area (Å²) in [6.45, 7) is -1.32. The van der Waals surface area contributed by atoms with Gasteiger partial charge in [-0.3, -0.25) is 9.59 Å². The molecular formula is C12H14O14. The first-order valence-corrected chi connectivity index (χ1v) is 6.47. The van der Waals surface area contributed by atoms with Crippen molar-refractivity contribution in [1.82, 2.24) is 0 Å². The third-order valence-electron chi connectivity index (χ3n) is 2.64. The maximum atomic E-state index is 11.4. The SMILES string of the molecule is O=C(O)CC(O)(CC(=O)OCC(=O)OC(=O)C(O)C(O)C(=O)O)C(=O)O. The van der Waals surface area contributed by atoms with Crippen molar-refractivity contribution >= 4 is 35.8 Å². The molecule has 0 radical (unpaired) electrons. The molecule has 146 valence electrons. The summed E-state index contributed by atoms with van der Waals surface area (Å²) in [5.74, 6) is -10.8. The lowest BCUT2D eigenvalue weighted by Gasteiger charge is -2.20. The average molecular weight is 382 g/mol. The Morgan fingerprint density at radius 3 is 1.81 bits per heavy atom. The van der Waals surface area contributed by atoms with Crippen LogP contribution >= 0.6 is 0 Å². The molecule has 0 saturated carbocycles. The maximum absolute atomic E-state index is 11.4. The minimum Gasteiger partial charge on any atom is -0.481 e. The van der Waals surface area contributed by atoms with Gasteiger partial charge in [-0.15, -0.1) is 0 Å². The van der Waals surface area contributed by atoms with Crippen LogP contribution in [-0.2, 0) is 38.2 Å². The van der Waals surface area contributed by atoms with Crippen LogP contribution in [0.3, 0.4) is 0 Å². The Bertz CT molecular complexity index is 609. The molecule has 0 aliphatic carbocycles. The summed E-state index contributed by atoms with van der Waals surface area (Å²) in [6, 6.07) is 0. The summed E-state index contributed by atoms with van der Waals surface area (Å²) >= 11 is 0. The summed E-state index contributed by atoms with van der Waals surface area (Å²) in [7, 11) is 0. The molecule has 0 aromatic heterocycles. The highest BCUT2D eigenvalue weighted by Gasteiger charge is 2.41. The van der Waals surface area contributed by atoms with Gasteiger partial charge in [-0.2, -0.15) is 0 Å². The number of carbonyl (C=O) groups excluding carboxylic acids is 3. The lowest BCUT2D eigenvalue weighted by Crippen LogP contribution is -2.43. The fraction of sp³-hybridized carbons (Fsp3) is 0.500. The predicted octanol–water partition coefficient (Wildman–Crippen LogP) is -3.91. The van der Waals surface area contributed by atoms with Gasteiger partial charge in [0.25, 0.3) is 0 Å². The van der Waals surface area contributed by atoms with Gasteiger partial charge in [0.05, 0.1) is 12.8 Å². The van der Waals surface area contributed by atoms with Crippen molar-refractivity contribution in [3.8, 4) is 0 Å². The molecule has 14 nitrogen and oxygen atoms in total. The summed E-state index contributed by atoms with van der Waals surface area (Å²) in [5.41, 5.74) is -3.01. The van der Waals surface area contributed by atoms with Gasteiger partial charge in [0, 0.05) is 0 Å². The van der Waals surface area contributed by atoms with E-state index in [0.29, 0.717) is 0 Å². The molecule has 14 heteroatoms. The molecule has 0 rings (SSSR count). The third kappa shape index (κ3) is 7.20. The summed E-state index contributed by atoms with van der Waals surface area (Å²) in [5, 5.41) is 53.0. The third-order valence-corrected chi connectivity index (χ3v) is 2.64. The molecule has 3 unspecified atom stereocenters. The van der Waals surface area contributed by atoms with E-state index in [0.717, 1.165) is 0 Å². The number of aliphatic carboxylic acids is 3. The van der Waals surface area contributed by atoms with Crippen LogP contribution in [0.1, 0.15) is 12.8 Å². The topological polar surface area (TPSA) is 242 Å². The molecule has 0 amide bonds. The van der Waals surface area contributed by atoms with Crippen LogP contribution in [0.25, 0.3) is 0 Å². The molecule has 3 atom stereocenters. The molecule has 6 N–H and O–H groups in total. The van der Waals surface area contributed by atoms with E-state index < -0.39 is 73.1 Å². The number of ether oxygens (including phenoxy) is 2. The Morgan fingerprint density at radius 2 is 1.38 bits per heavy atom. The van der Waals surface area contributed by atoms with E-state index in [1.54, 1.807) is 0 Å².